The lowest BCUT2D eigenvalue weighted by Gasteiger charge is -1.99. The van der Waals surface area contributed by atoms with E-state index in [0.29, 0.717) is 9.65 Å². The van der Waals surface area contributed by atoms with Gasteiger partial charge in [0, 0.05) is 22.0 Å². The Morgan fingerprint density at radius 2 is 1.62 bits per heavy atom. The van der Waals surface area contributed by atoms with Gasteiger partial charge in [-0.1, -0.05) is 31.9 Å². The molecule has 0 spiro atoms. The minimum absolute atomic E-state index is 0.453. The average Bonchev–Trinajstić information content (AvgIpc) is 1.85. The first-order valence-corrected chi connectivity index (χ1v) is 6.15. The van der Waals surface area contributed by atoms with Crippen molar-refractivity contribution in [2.24, 2.45) is 0 Å². The monoisotopic (exact) mass is 260 g/mol. The fraction of sp³-hybridized carbons (Fsp3) is 1.00. The molecule has 0 aromatic carbocycles. The van der Waals surface area contributed by atoms with E-state index in [-0.39, 0.29) is 0 Å². The summed E-state index contributed by atoms with van der Waals surface area (Å²) in [6.07, 6.45) is 1.75. The Balaban J connectivity index is 2.51. The number of halogens is 2. The highest BCUT2D eigenvalue weighted by molar-refractivity contribution is 9.12. The molecule has 4 heteroatoms. The van der Waals surface area contributed by atoms with E-state index in [2.05, 4.69) is 31.9 Å². The average molecular weight is 262 g/mol. The Bertz CT molecular complexity index is 105. The maximum absolute atomic E-state index is 10.8. The summed E-state index contributed by atoms with van der Waals surface area (Å²) in [5.74, 6) is 0. The minimum atomic E-state index is -1.20. The van der Waals surface area contributed by atoms with E-state index >= 15 is 0 Å². The van der Waals surface area contributed by atoms with Gasteiger partial charge in [0.2, 0.25) is 0 Å². The molecule has 1 rings (SSSR count). The van der Waals surface area contributed by atoms with E-state index < -0.39 is 7.80 Å². The molecule has 8 heavy (non-hydrogen) atoms. The third-order valence-electron chi connectivity index (χ3n) is 1.24. The Kier molecular flexibility index (Phi) is 2.60. The smallest absolute Gasteiger partial charge is 0.0784 e. The van der Waals surface area contributed by atoms with Gasteiger partial charge in [-0.15, -0.1) is 0 Å². The van der Waals surface area contributed by atoms with Gasteiger partial charge in [-0.05, 0) is 0 Å². The second-order valence-corrected chi connectivity index (χ2v) is 6.23. The van der Waals surface area contributed by atoms with Crippen molar-refractivity contribution in [3.8, 4) is 0 Å². The van der Waals surface area contributed by atoms with Gasteiger partial charge in [-0.25, -0.2) is 0 Å². The van der Waals surface area contributed by atoms with Crippen LogP contribution >= 0.6 is 39.7 Å². The minimum Gasteiger partial charge on any atom is -0.327 e. The van der Waals surface area contributed by atoms with Crippen molar-refractivity contribution in [1.29, 1.82) is 0 Å². The molecule has 0 saturated carbocycles. The van der Waals surface area contributed by atoms with Crippen LogP contribution in [0.3, 0.4) is 0 Å². The molecule has 1 heterocycles. The summed E-state index contributed by atoms with van der Waals surface area (Å²) < 4.78 is 10.8. The molecule has 0 amide bonds. The summed E-state index contributed by atoms with van der Waals surface area (Å²) in [7, 11) is -1.20. The lowest BCUT2D eigenvalue weighted by molar-refractivity contribution is 0.591. The molecule has 1 fully saturated rings. The van der Waals surface area contributed by atoms with Crippen LogP contribution in [-0.2, 0) is 4.57 Å². The molecule has 48 valence electrons. The van der Waals surface area contributed by atoms with Crippen LogP contribution < -0.4 is 0 Å². The maximum Gasteiger partial charge on any atom is 0.0784 e. The molecule has 1 aliphatic rings. The first-order valence-electron chi connectivity index (χ1n) is 2.50. The van der Waals surface area contributed by atoms with Crippen LogP contribution in [0.25, 0.3) is 0 Å². The molecule has 0 aromatic heterocycles. The standard InChI is InChI=1S/C4H7Br2OP/c5-3-1-8(7)2-4(3)6/h3-4,8H,1-2H2. The van der Waals surface area contributed by atoms with Crippen molar-refractivity contribution >= 4 is 39.7 Å². The van der Waals surface area contributed by atoms with E-state index in [0.717, 1.165) is 12.3 Å². The van der Waals surface area contributed by atoms with Gasteiger partial charge >= 0.3 is 0 Å². The van der Waals surface area contributed by atoms with Crippen molar-refractivity contribution in [3.63, 3.8) is 0 Å². The first-order chi connectivity index (χ1) is 3.70. The molecule has 0 radical (unpaired) electrons. The molecule has 0 aliphatic carbocycles. The molecule has 0 bridgehead atoms. The van der Waals surface area contributed by atoms with Gasteiger partial charge < -0.3 is 4.57 Å². The van der Waals surface area contributed by atoms with Crippen LogP contribution in [0, 0.1) is 0 Å². The highest BCUT2D eigenvalue weighted by Crippen LogP contribution is 2.39. The lowest BCUT2D eigenvalue weighted by Crippen LogP contribution is -2.08. The summed E-state index contributed by atoms with van der Waals surface area (Å²) in [5, 5.41) is 0. The Morgan fingerprint density at radius 3 is 1.75 bits per heavy atom. The predicted octanol–water partition coefficient (Wildman–Crippen LogP) is 2.09. The normalized spacial score (nSPS) is 47.5. The summed E-state index contributed by atoms with van der Waals surface area (Å²) in [6, 6.07) is 0. The van der Waals surface area contributed by atoms with Crippen molar-refractivity contribution < 1.29 is 4.57 Å². The summed E-state index contributed by atoms with van der Waals surface area (Å²) in [4.78, 5) is 0.905. The third kappa shape index (κ3) is 1.58. The first kappa shape index (κ1) is 7.30. The SMILES string of the molecule is O=[PH]1CC(Br)C(Br)C1. The molecule has 1 aliphatic heterocycles. The topological polar surface area (TPSA) is 17.1 Å². The van der Waals surface area contributed by atoms with Gasteiger partial charge in [0.1, 0.15) is 0 Å². The van der Waals surface area contributed by atoms with Gasteiger partial charge in [0.05, 0.1) is 7.80 Å². The van der Waals surface area contributed by atoms with E-state index in [1.165, 1.54) is 0 Å². The van der Waals surface area contributed by atoms with Crippen molar-refractivity contribution in [2.75, 3.05) is 12.3 Å². The van der Waals surface area contributed by atoms with Crippen LogP contribution in [0.2, 0.25) is 0 Å². The molecular formula is C4H7Br2OP. The molecule has 0 N–H and O–H groups in total. The van der Waals surface area contributed by atoms with E-state index in [4.69, 9.17) is 0 Å². The maximum atomic E-state index is 10.8. The highest BCUT2D eigenvalue weighted by atomic mass is 79.9. The van der Waals surface area contributed by atoms with Crippen LogP contribution in [-0.4, -0.2) is 22.0 Å². The summed E-state index contributed by atoms with van der Waals surface area (Å²) >= 11 is 6.85. The Hall–Kier alpha value is 1.19. The van der Waals surface area contributed by atoms with Gasteiger partial charge in [-0.2, -0.15) is 0 Å². The number of hydrogen-bond acceptors (Lipinski definition) is 1. The zero-order chi connectivity index (χ0) is 6.15. The quantitative estimate of drug-likeness (QED) is 0.482. The highest BCUT2D eigenvalue weighted by Gasteiger charge is 2.27. The molecular weight excluding hydrogens is 255 g/mol. The lowest BCUT2D eigenvalue weighted by atomic mass is 10.4. The number of rotatable bonds is 0. The zero-order valence-corrected chi connectivity index (χ0v) is 8.41. The Morgan fingerprint density at radius 1 is 1.25 bits per heavy atom. The predicted molar refractivity (Wildman–Crippen MR) is 44.2 cm³/mol. The second-order valence-electron chi connectivity index (χ2n) is 1.98. The molecule has 2 atom stereocenters. The fourth-order valence-corrected chi connectivity index (χ4v) is 5.61. The molecule has 1 nitrogen and oxygen atoms in total. The van der Waals surface area contributed by atoms with Crippen molar-refractivity contribution in [1.82, 2.24) is 0 Å². The Labute approximate surface area is 66.3 Å². The number of hydrogen-bond donors (Lipinski definition) is 0. The van der Waals surface area contributed by atoms with Crippen LogP contribution in [0.15, 0.2) is 0 Å². The largest absolute Gasteiger partial charge is 0.327 e. The number of alkyl halides is 2. The van der Waals surface area contributed by atoms with E-state index in [9.17, 15) is 4.57 Å². The van der Waals surface area contributed by atoms with Gasteiger partial charge in [-0.3, -0.25) is 0 Å². The van der Waals surface area contributed by atoms with E-state index in [1.807, 2.05) is 0 Å². The van der Waals surface area contributed by atoms with Crippen molar-refractivity contribution in [3.05, 3.63) is 0 Å². The molecule has 0 aromatic rings. The van der Waals surface area contributed by atoms with E-state index in [1.54, 1.807) is 0 Å². The zero-order valence-electron chi connectivity index (χ0n) is 4.23. The second kappa shape index (κ2) is 2.85. The van der Waals surface area contributed by atoms with Crippen molar-refractivity contribution in [2.45, 2.75) is 9.65 Å². The third-order valence-corrected chi connectivity index (χ3v) is 6.86. The summed E-state index contributed by atoms with van der Waals surface area (Å²) in [5.41, 5.74) is 0. The van der Waals surface area contributed by atoms with Crippen LogP contribution in [0.5, 0.6) is 0 Å². The van der Waals surface area contributed by atoms with Crippen LogP contribution in [0.4, 0.5) is 0 Å². The molecule has 2 unspecified atom stereocenters. The fourth-order valence-electron chi connectivity index (χ4n) is 0.774. The van der Waals surface area contributed by atoms with Gasteiger partial charge in [0.15, 0.2) is 0 Å². The van der Waals surface area contributed by atoms with Gasteiger partial charge in [0.25, 0.3) is 0 Å². The van der Waals surface area contributed by atoms with Crippen LogP contribution in [0.1, 0.15) is 0 Å². The summed E-state index contributed by atoms with van der Waals surface area (Å²) in [6.45, 7) is 0. The molecule has 1 saturated heterocycles.